The number of ether oxygens (including phenoxy) is 2. The summed E-state index contributed by atoms with van der Waals surface area (Å²) in [6, 6.07) is 7.96. The minimum absolute atomic E-state index is 0. The van der Waals surface area contributed by atoms with E-state index in [1.165, 1.54) is 0 Å². The maximum absolute atomic E-state index is 12.3. The zero-order valence-electron chi connectivity index (χ0n) is 13.5. The second kappa shape index (κ2) is 10.9. The highest BCUT2D eigenvalue weighted by Crippen LogP contribution is 2.18. The Hall–Kier alpha value is -0.890. The number of nitrogens with zero attached hydrogens (tertiary/aromatic N) is 1. The van der Waals surface area contributed by atoms with Crippen molar-refractivity contribution >= 4 is 36.4 Å². The van der Waals surface area contributed by atoms with Gasteiger partial charge in [-0.05, 0) is 11.6 Å². The number of nitrogens with one attached hydrogen (secondary N) is 2. The monoisotopic (exact) mass is 377 g/mol. The number of carbonyl (C=O) groups is 1. The van der Waals surface area contributed by atoms with E-state index in [0.29, 0.717) is 13.2 Å². The van der Waals surface area contributed by atoms with Gasteiger partial charge in [-0.1, -0.05) is 18.2 Å². The molecule has 24 heavy (non-hydrogen) atoms. The number of amides is 1. The zero-order chi connectivity index (χ0) is 15.2. The summed E-state index contributed by atoms with van der Waals surface area (Å²) in [5.74, 6) is -0.0818. The van der Waals surface area contributed by atoms with Crippen LogP contribution in [0.3, 0.4) is 0 Å². The molecule has 6 nitrogen and oxygen atoms in total. The summed E-state index contributed by atoms with van der Waals surface area (Å²) in [4.78, 5) is 14.6. The Morgan fingerprint density at radius 3 is 2.67 bits per heavy atom. The van der Waals surface area contributed by atoms with Crippen molar-refractivity contribution in [1.29, 1.82) is 0 Å². The first kappa shape index (κ1) is 21.2. The quantitative estimate of drug-likeness (QED) is 0.827. The van der Waals surface area contributed by atoms with Gasteiger partial charge in [0.15, 0.2) is 0 Å². The number of benzene rings is 1. The fourth-order valence-electron chi connectivity index (χ4n) is 2.73. The van der Waals surface area contributed by atoms with Crippen molar-refractivity contribution in [2.75, 3.05) is 51.3 Å². The van der Waals surface area contributed by atoms with Crippen LogP contribution in [0.5, 0.6) is 0 Å². The van der Waals surface area contributed by atoms with E-state index in [2.05, 4.69) is 21.6 Å². The van der Waals surface area contributed by atoms with Gasteiger partial charge in [0.2, 0.25) is 0 Å². The number of rotatable bonds is 4. The molecule has 1 aromatic carbocycles. The van der Waals surface area contributed by atoms with Crippen molar-refractivity contribution in [3.05, 3.63) is 29.8 Å². The van der Waals surface area contributed by atoms with Gasteiger partial charge in [0.1, 0.15) is 6.10 Å². The molecule has 136 valence electrons. The lowest BCUT2D eigenvalue weighted by atomic mass is 10.1. The largest absolute Gasteiger partial charge is 0.379 e. The Kier molecular flexibility index (Phi) is 9.58. The Balaban J connectivity index is 0.00000144. The maximum atomic E-state index is 12.3. The van der Waals surface area contributed by atoms with E-state index < -0.39 is 6.10 Å². The van der Waals surface area contributed by atoms with E-state index in [4.69, 9.17) is 9.47 Å². The van der Waals surface area contributed by atoms with Crippen molar-refractivity contribution < 1.29 is 14.3 Å². The lowest BCUT2D eigenvalue weighted by Gasteiger charge is -2.28. The second-order valence-electron chi connectivity index (χ2n) is 5.60. The Bertz CT molecular complexity index is 507. The van der Waals surface area contributed by atoms with Crippen molar-refractivity contribution in [3.63, 3.8) is 0 Å². The Labute approximate surface area is 155 Å². The number of morpholine rings is 2. The predicted octanol–water partition coefficient (Wildman–Crippen LogP) is 1.29. The highest BCUT2D eigenvalue weighted by atomic mass is 35.5. The van der Waals surface area contributed by atoms with Crippen molar-refractivity contribution in [3.8, 4) is 0 Å². The van der Waals surface area contributed by atoms with Crippen LogP contribution in [0.15, 0.2) is 24.3 Å². The molecule has 0 saturated carbocycles. The van der Waals surface area contributed by atoms with Gasteiger partial charge in [0.05, 0.1) is 19.8 Å². The molecule has 0 spiro atoms. The first-order valence-corrected chi connectivity index (χ1v) is 7.84. The number of hydrogen-bond donors (Lipinski definition) is 2. The number of para-hydroxylation sites is 1. The van der Waals surface area contributed by atoms with Crippen LogP contribution in [0.25, 0.3) is 0 Å². The summed E-state index contributed by atoms with van der Waals surface area (Å²) in [6.45, 7) is 6.17. The molecule has 1 aromatic rings. The van der Waals surface area contributed by atoms with E-state index in [1.807, 2.05) is 18.2 Å². The molecule has 1 unspecified atom stereocenters. The average Bonchev–Trinajstić information content (AvgIpc) is 2.58. The van der Waals surface area contributed by atoms with Gasteiger partial charge < -0.3 is 20.1 Å². The predicted molar refractivity (Wildman–Crippen MR) is 98.3 cm³/mol. The molecule has 2 heterocycles. The van der Waals surface area contributed by atoms with Crippen molar-refractivity contribution in [2.45, 2.75) is 12.6 Å². The molecule has 1 amide bonds. The molecule has 0 bridgehead atoms. The van der Waals surface area contributed by atoms with Gasteiger partial charge >= 0.3 is 0 Å². The minimum atomic E-state index is -0.412. The molecule has 2 fully saturated rings. The summed E-state index contributed by atoms with van der Waals surface area (Å²) < 4.78 is 10.9. The van der Waals surface area contributed by atoms with Crippen LogP contribution in [-0.4, -0.2) is 62.9 Å². The third-order valence-corrected chi connectivity index (χ3v) is 3.99. The fourth-order valence-corrected chi connectivity index (χ4v) is 2.73. The topological polar surface area (TPSA) is 62.8 Å². The molecule has 2 N–H and O–H groups in total. The molecule has 1 atom stereocenters. The molecule has 8 heteroatoms. The summed E-state index contributed by atoms with van der Waals surface area (Å²) in [5, 5.41) is 6.18. The highest BCUT2D eigenvalue weighted by molar-refractivity contribution is 5.95. The van der Waals surface area contributed by atoms with Crippen LogP contribution in [-0.2, 0) is 20.8 Å². The first-order valence-electron chi connectivity index (χ1n) is 7.84. The van der Waals surface area contributed by atoms with Crippen LogP contribution in [0, 0.1) is 0 Å². The summed E-state index contributed by atoms with van der Waals surface area (Å²) in [7, 11) is 0. The lowest BCUT2D eigenvalue weighted by Crippen LogP contribution is -2.45. The highest BCUT2D eigenvalue weighted by Gasteiger charge is 2.22. The molecular formula is C16H25Cl2N3O3. The molecule has 2 saturated heterocycles. The van der Waals surface area contributed by atoms with Crippen LogP contribution < -0.4 is 10.6 Å². The average molecular weight is 378 g/mol. The van der Waals surface area contributed by atoms with E-state index in [-0.39, 0.29) is 30.7 Å². The fraction of sp³-hybridized carbons (Fsp3) is 0.562. The lowest BCUT2D eigenvalue weighted by molar-refractivity contribution is -0.128. The zero-order valence-corrected chi connectivity index (χ0v) is 15.2. The summed E-state index contributed by atoms with van der Waals surface area (Å²) in [6.07, 6.45) is -0.412. The third kappa shape index (κ3) is 5.88. The summed E-state index contributed by atoms with van der Waals surface area (Å²) >= 11 is 0. The molecule has 2 aliphatic rings. The standard InChI is InChI=1S/C16H23N3O3.2ClH/c20-16(15-11-17-5-8-22-15)18-14-4-2-1-3-13(14)12-19-6-9-21-10-7-19;;/h1-4,15,17H,5-12H2,(H,18,20);2*1H. The minimum Gasteiger partial charge on any atom is -0.379 e. The number of anilines is 1. The van der Waals surface area contributed by atoms with Gasteiger partial charge in [-0.3, -0.25) is 9.69 Å². The van der Waals surface area contributed by atoms with E-state index >= 15 is 0 Å². The molecule has 0 aromatic heterocycles. The first-order chi connectivity index (χ1) is 10.8. The number of carbonyl (C=O) groups excluding carboxylic acids is 1. The van der Waals surface area contributed by atoms with Gasteiger partial charge in [0.25, 0.3) is 5.91 Å². The normalized spacial score (nSPS) is 21.2. The molecule has 2 aliphatic heterocycles. The van der Waals surface area contributed by atoms with Crippen LogP contribution in [0.4, 0.5) is 5.69 Å². The number of halogens is 2. The van der Waals surface area contributed by atoms with E-state index in [9.17, 15) is 4.79 Å². The molecular weight excluding hydrogens is 353 g/mol. The maximum Gasteiger partial charge on any atom is 0.254 e. The third-order valence-electron chi connectivity index (χ3n) is 3.99. The van der Waals surface area contributed by atoms with Gasteiger partial charge in [-0.25, -0.2) is 0 Å². The SMILES string of the molecule is Cl.Cl.O=C(Nc1ccccc1CN1CCOCC1)C1CNCCO1. The van der Waals surface area contributed by atoms with Crippen LogP contribution in [0.2, 0.25) is 0 Å². The second-order valence-corrected chi connectivity index (χ2v) is 5.60. The Morgan fingerprint density at radius 2 is 1.96 bits per heavy atom. The van der Waals surface area contributed by atoms with E-state index in [0.717, 1.165) is 50.6 Å². The Morgan fingerprint density at radius 1 is 1.21 bits per heavy atom. The summed E-state index contributed by atoms with van der Waals surface area (Å²) in [5.41, 5.74) is 2.00. The van der Waals surface area contributed by atoms with E-state index in [1.54, 1.807) is 0 Å². The number of hydrogen-bond acceptors (Lipinski definition) is 5. The van der Waals surface area contributed by atoms with Crippen molar-refractivity contribution in [1.82, 2.24) is 10.2 Å². The molecule has 3 rings (SSSR count). The van der Waals surface area contributed by atoms with Crippen molar-refractivity contribution in [2.24, 2.45) is 0 Å². The van der Waals surface area contributed by atoms with Gasteiger partial charge in [-0.2, -0.15) is 0 Å². The van der Waals surface area contributed by atoms with Crippen LogP contribution in [0.1, 0.15) is 5.56 Å². The molecule has 0 radical (unpaired) electrons. The molecule has 0 aliphatic carbocycles. The van der Waals surface area contributed by atoms with Crippen LogP contribution >= 0.6 is 24.8 Å². The smallest absolute Gasteiger partial charge is 0.254 e. The van der Waals surface area contributed by atoms with Gasteiger partial charge in [-0.15, -0.1) is 24.8 Å². The van der Waals surface area contributed by atoms with Gasteiger partial charge in [0, 0.05) is 38.4 Å².